The molecule has 5 heterocycles. The minimum Gasteiger partial charge on any atom is -0.352 e. The Morgan fingerprint density at radius 2 is 1.89 bits per heavy atom. The Hall–Kier alpha value is -2.78. The van der Waals surface area contributed by atoms with Gasteiger partial charge in [0, 0.05) is 19.2 Å². The topological polar surface area (TPSA) is 62.2 Å². The molecule has 2 aromatic rings. The summed E-state index contributed by atoms with van der Waals surface area (Å²) in [4.78, 5) is 27.3. The van der Waals surface area contributed by atoms with Crippen molar-refractivity contribution >= 4 is 11.7 Å². The predicted octanol–water partition coefficient (Wildman–Crippen LogP) is 2.44. The van der Waals surface area contributed by atoms with Crippen molar-refractivity contribution in [2.45, 2.75) is 31.6 Å². The van der Waals surface area contributed by atoms with Gasteiger partial charge in [0.25, 0.3) is 5.91 Å². The van der Waals surface area contributed by atoms with Crippen LogP contribution in [0.5, 0.6) is 0 Å². The van der Waals surface area contributed by atoms with Gasteiger partial charge in [0.2, 0.25) is 0 Å². The molecule has 27 heavy (non-hydrogen) atoms. The first-order valence-corrected chi connectivity index (χ1v) is 8.34. The van der Waals surface area contributed by atoms with E-state index in [1.165, 1.54) is 19.1 Å². The van der Waals surface area contributed by atoms with Crippen molar-refractivity contribution in [3.63, 3.8) is 0 Å². The highest BCUT2D eigenvalue weighted by atomic mass is 19.4. The molecule has 10 heteroatoms. The minimum atomic E-state index is -4.54. The first-order chi connectivity index (χ1) is 12.7. The van der Waals surface area contributed by atoms with E-state index in [0.29, 0.717) is 13.1 Å². The summed E-state index contributed by atoms with van der Waals surface area (Å²) in [6.45, 7) is 2.23. The van der Waals surface area contributed by atoms with Gasteiger partial charge in [0.15, 0.2) is 0 Å². The van der Waals surface area contributed by atoms with E-state index in [4.69, 9.17) is 0 Å². The molecule has 6 nitrogen and oxygen atoms in total. The van der Waals surface area contributed by atoms with Gasteiger partial charge in [0.1, 0.15) is 29.4 Å². The van der Waals surface area contributed by atoms with E-state index in [-0.39, 0.29) is 35.2 Å². The van der Waals surface area contributed by atoms with E-state index in [1.807, 2.05) is 0 Å². The fourth-order valence-corrected chi connectivity index (χ4v) is 3.60. The predicted molar refractivity (Wildman–Crippen MR) is 86.5 cm³/mol. The Balaban J connectivity index is 1.50. The van der Waals surface area contributed by atoms with Gasteiger partial charge in [0.05, 0.1) is 17.8 Å². The number of carbonyl (C=O) groups is 1. The molecular weight excluding hydrogens is 366 g/mol. The van der Waals surface area contributed by atoms with Gasteiger partial charge >= 0.3 is 6.18 Å². The quantitative estimate of drug-likeness (QED) is 0.748. The van der Waals surface area contributed by atoms with Gasteiger partial charge in [-0.3, -0.25) is 4.79 Å². The van der Waals surface area contributed by atoms with Crippen molar-refractivity contribution in [1.29, 1.82) is 0 Å². The maximum atomic E-state index is 13.4. The zero-order valence-corrected chi connectivity index (χ0v) is 14.2. The molecule has 2 aromatic heterocycles. The SMILES string of the molecule is Cc1nc(C(=O)N2C3CC2CN(c2cc(C(F)(F)F)ncn2)C3)ccc1F. The Labute approximate surface area is 151 Å². The van der Waals surface area contributed by atoms with E-state index in [9.17, 15) is 22.4 Å². The molecule has 2 unspecified atom stereocenters. The van der Waals surface area contributed by atoms with Crippen LogP contribution < -0.4 is 4.90 Å². The molecule has 5 rings (SSSR count). The van der Waals surface area contributed by atoms with Gasteiger partial charge in [-0.2, -0.15) is 13.2 Å². The van der Waals surface area contributed by atoms with E-state index < -0.39 is 17.7 Å². The number of amides is 1. The molecule has 1 amide bonds. The van der Waals surface area contributed by atoms with Gasteiger partial charge in [-0.15, -0.1) is 0 Å². The fourth-order valence-electron chi connectivity index (χ4n) is 3.60. The third-order valence-electron chi connectivity index (χ3n) is 4.94. The number of fused-ring (bicyclic) bond motifs is 2. The van der Waals surface area contributed by atoms with Crippen molar-refractivity contribution in [1.82, 2.24) is 19.9 Å². The van der Waals surface area contributed by atoms with Gasteiger partial charge < -0.3 is 9.80 Å². The summed E-state index contributed by atoms with van der Waals surface area (Å²) in [5, 5.41) is 0. The summed E-state index contributed by atoms with van der Waals surface area (Å²) in [6.07, 6.45) is -2.88. The Morgan fingerprint density at radius 3 is 2.52 bits per heavy atom. The van der Waals surface area contributed by atoms with Crippen LogP contribution >= 0.6 is 0 Å². The highest BCUT2D eigenvalue weighted by Crippen LogP contribution is 2.36. The number of carbonyl (C=O) groups excluding carboxylic acids is 1. The molecule has 142 valence electrons. The number of aromatic nitrogens is 3. The molecule has 3 aliphatic rings. The van der Waals surface area contributed by atoms with Crippen molar-refractivity contribution < 1.29 is 22.4 Å². The molecule has 3 fully saturated rings. The van der Waals surface area contributed by atoms with Gasteiger partial charge in [-0.1, -0.05) is 0 Å². The van der Waals surface area contributed by atoms with E-state index in [2.05, 4.69) is 15.0 Å². The second-order valence-electron chi connectivity index (χ2n) is 6.68. The van der Waals surface area contributed by atoms with Crippen LogP contribution in [0.1, 0.15) is 28.3 Å². The van der Waals surface area contributed by atoms with Gasteiger partial charge in [-0.25, -0.2) is 19.3 Å². The maximum absolute atomic E-state index is 13.4. The number of halogens is 4. The lowest BCUT2D eigenvalue weighted by Crippen LogP contribution is -2.70. The fraction of sp³-hybridized carbons (Fsp3) is 0.412. The van der Waals surface area contributed by atoms with E-state index in [0.717, 1.165) is 18.8 Å². The first kappa shape index (κ1) is 17.6. The Bertz CT molecular complexity index is 891. The second-order valence-corrected chi connectivity index (χ2v) is 6.68. The van der Waals surface area contributed by atoms with Crippen LogP contribution in [0.15, 0.2) is 24.5 Å². The average Bonchev–Trinajstić information content (AvgIpc) is 2.63. The number of rotatable bonds is 2. The molecule has 0 saturated carbocycles. The number of alkyl halides is 3. The smallest absolute Gasteiger partial charge is 0.352 e. The monoisotopic (exact) mass is 381 g/mol. The largest absolute Gasteiger partial charge is 0.433 e. The summed E-state index contributed by atoms with van der Waals surface area (Å²) in [5.41, 5.74) is -0.682. The third kappa shape index (κ3) is 3.08. The molecule has 3 aliphatic heterocycles. The zero-order valence-electron chi connectivity index (χ0n) is 14.2. The number of nitrogens with zero attached hydrogens (tertiary/aromatic N) is 5. The molecule has 0 N–H and O–H groups in total. The summed E-state index contributed by atoms with van der Waals surface area (Å²) in [6, 6.07) is 3.18. The van der Waals surface area contributed by atoms with Crippen LogP contribution in [0.25, 0.3) is 0 Å². The number of piperazine rings is 1. The lowest BCUT2D eigenvalue weighted by atomic mass is 9.87. The van der Waals surface area contributed by atoms with Crippen molar-refractivity contribution in [3.05, 3.63) is 47.4 Å². The summed E-state index contributed by atoms with van der Waals surface area (Å²) in [5.74, 6) is -0.585. The van der Waals surface area contributed by atoms with Crippen molar-refractivity contribution in [3.8, 4) is 0 Å². The molecule has 2 bridgehead atoms. The molecule has 0 spiro atoms. The van der Waals surface area contributed by atoms with Crippen molar-refractivity contribution in [2.75, 3.05) is 18.0 Å². The molecule has 0 radical (unpaired) electrons. The third-order valence-corrected chi connectivity index (χ3v) is 4.94. The zero-order chi connectivity index (χ0) is 19.3. The highest BCUT2D eigenvalue weighted by molar-refractivity contribution is 5.93. The highest BCUT2D eigenvalue weighted by Gasteiger charge is 2.48. The number of pyridine rings is 1. The Morgan fingerprint density at radius 1 is 1.19 bits per heavy atom. The van der Waals surface area contributed by atoms with Gasteiger partial charge in [-0.05, 0) is 25.5 Å². The van der Waals surface area contributed by atoms with Crippen LogP contribution in [0.3, 0.4) is 0 Å². The minimum absolute atomic E-state index is 0.146. The number of piperidine rings is 1. The summed E-state index contributed by atoms with van der Waals surface area (Å²) < 4.78 is 51.9. The van der Waals surface area contributed by atoms with Crippen LogP contribution in [0.4, 0.5) is 23.4 Å². The molecular formula is C17H15F4N5O. The normalized spacial score (nSPS) is 21.8. The average molecular weight is 381 g/mol. The number of hydrogen-bond donors (Lipinski definition) is 0. The standard InChI is InChI=1S/C17H15F4N5O/c1-9-12(18)2-3-13(24-9)16(27)26-10-4-11(26)7-25(6-10)15-5-14(17(19,20)21)22-8-23-15/h2-3,5,8,10-11H,4,6-7H2,1H3. The number of aryl methyl sites for hydroxylation is 1. The first-order valence-electron chi connectivity index (χ1n) is 8.34. The molecule has 0 aliphatic carbocycles. The Kier molecular flexibility index (Phi) is 4.01. The van der Waals surface area contributed by atoms with Crippen LogP contribution in [-0.4, -0.2) is 50.9 Å². The second kappa shape index (κ2) is 6.14. The molecule has 0 aromatic carbocycles. The molecule has 2 atom stereocenters. The summed E-state index contributed by atoms with van der Waals surface area (Å²) in [7, 11) is 0. The van der Waals surface area contributed by atoms with Crippen LogP contribution in [-0.2, 0) is 6.18 Å². The molecule has 3 saturated heterocycles. The lowest BCUT2D eigenvalue weighted by Gasteiger charge is -2.56. The number of hydrogen-bond acceptors (Lipinski definition) is 5. The van der Waals surface area contributed by atoms with E-state index >= 15 is 0 Å². The van der Waals surface area contributed by atoms with Crippen LogP contribution in [0, 0.1) is 12.7 Å². The van der Waals surface area contributed by atoms with E-state index in [1.54, 1.807) is 9.80 Å². The summed E-state index contributed by atoms with van der Waals surface area (Å²) >= 11 is 0. The van der Waals surface area contributed by atoms with Crippen LogP contribution in [0.2, 0.25) is 0 Å². The van der Waals surface area contributed by atoms with Crippen molar-refractivity contribution in [2.24, 2.45) is 0 Å². The maximum Gasteiger partial charge on any atom is 0.433 e. The lowest BCUT2D eigenvalue weighted by molar-refractivity contribution is -0.141. The number of anilines is 1.